The minimum absolute atomic E-state index is 0.778. The molecule has 0 saturated carbocycles. The third kappa shape index (κ3) is 4.20. The molecule has 0 aromatic carbocycles. The molecule has 16 heavy (non-hydrogen) atoms. The average molecular weight is 226 g/mol. The fraction of sp³-hybridized carbons (Fsp3) is 0.727. The Morgan fingerprint density at radius 1 is 1.50 bits per heavy atom. The molecule has 1 N–H and O–H groups in total. The first-order chi connectivity index (χ1) is 7.77. The summed E-state index contributed by atoms with van der Waals surface area (Å²) in [5.74, 6) is 0.947. The monoisotopic (exact) mass is 226 g/mol. The van der Waals surface area contributed by atoms with E-state index in [4.69, 9.17) is 4.74 Å². The summed E-state index contributed by atoms with van der Waals surface area (Å²) in [6.07, 6.45) is 3.80. The first-order valence-electron chi connectivity index (χ1n) is 5.70. The molecule has 0 amide bonds. The number of nitrogens with zero attached hydrogens (tertiary/aromatic N) is 3. The second-order valence-corrected chi connectivity index (χ2v) is 3.76. The van der Waals surface area contributed by atoms with Crippen LogP contribution < -0.4 is 5.32 Å². The molecule has 0 bridgehead atoms. The number of imidazole rings is 1. The van der Waals surface area contributed by atoms with Gasteiger partial charge in [-0.15, -0.1) is 0 Å². The summed E-state index contributed by atoms with van der Waals surface area (Å²) in [7, 11) is 3.82. The Kier molecular flexibility index (Phi) is 5.88. The zero-order chi connectivity index (χ0) is 11.8. The van der Waals surface area contributed by atoms with Crippen LogP contribution in [0.3, 0.4) is 0 Å². The van der Waals surface area contributed by atoms with Crippen LogP contribution in [0.2, 0.25) is 0 Å². The van der Waals surface area contributed by atoms with Crippen LogP contribution in [0.4, 0.5) is 5.95 Å². The Bertz CT molecular complexity index is 287. The van der Waals surface area contributed by atoms with Gasteiger partial charge in [0.15, 0.2) is 0 Å². The van der Waals surface area contributed by atoms with Crippen molar-refractivity contribution in [3.63, 3.8) is 0 Å². The van der Waals surface area contributed by atoms with Crippen LogP contribution in [0.25, 0.3) is 0 Å². The van der Waals surface area contributed by atoms with Crippen LogP contribution in [0.5, 0.6) is 0 Å². The van der Waals surface area contributed by atoms with Gasteiger partial charge in [0.1, 0.15) is 0 Å². The molecular weight excluding hydrogens is 204 g/mol. The number of aryl methyl sites for hydroxylation is 1. The predicted molar refractivity (Wildman–Crippen MR) is 65.8 cm³/mol. The molecule has 0 radical (unpaired) electrons. The van der Waals surface area contributed by atoms with E-state index >= 15 is 0 Å². The molecule has 1 aromatic heterocycles. The Morgan fingerprint density at radius 3 is 3.00 bits per heavy atom. The Labute approximate surface area is 97.4 Å². The van der Waals surface area contributed by atoms with Gasteiger partial charge in [-0.2, -0.15) is 0 Å². The molecule has 0 aliphatic rings. The molecule has 5 heteroatoms. The number of likely N-dealkylation sites (N-methyl/N-ethyl adjacent to an activating group) is 1. The van der Waals surface area contributed by atoms with Crippen molar-refractivity contribution in [3.8, 4) is 0 Å². The highest BCUT2D eigenvalue weighted by atomic mass is 16.5. The van der Waals surface area contributed by atoms with Crippen LogP contribution >= 0.6 is 0 Å². The summed E-state index contributed by atoms with van der Waals surface area (Å²) in [6.45, 7) is 6.68. The minimum atomic E-state index is 0.778. The highest BCUT2D eigenvalue weighted by molar-refractivity contribution is 5.25. The van der Waals surface area contributed by atoms with E-state index in [1.807, 2.05) is 12.4 Å². The predicted octanol–water partition coefficient (Wildman–Crippen LogP) is 0.893. The number of hydrogen-bond donors (Lipinski definition) is 1. The third-order valence-electron chi connectivity index (χ3n) is 2.51. The van der Waals surface area contributed by atoms with Crippen molar-refractivity contribution in [3.05, 3.63) is 12.4 Å². The zero-order valence-electron chi connectivity index (χ0n) is 10.4. The lowest BCUT2D eigenvalue weighted by Gasteiger charge is -2.16. The van der Waals surface area contributed by atoms with Gasteiger partial charge in [-0.3, -0.25) is 0 Å². The fourth-order valence-electron chi connectivity index (χ4n) is 1.45. The van der Waals surface area contributed by atoms with Crippen molar-refractivity contribution in [2.45, 2.75) is 13.5 Å². The molecule has 0 saturated heterocycles. The van der Waals surface area contributed by atoms with E-state index in [-0.39, 0.29) is 0 Å². The van der Waals surface area contributed by atoms with Gasteiger partial charge in [-0.1, -0.05) is 0 Å². The molecule has 0 aliphatic carbocycles. The summed E-state index contributed by atoms with van der Waals surface area (Å²) in [4.78, 5) is 6.49. The molecule has 0 atom stereocenters. The summed E-state index contributed by atoms with van der Waals surface area (Å²) in [6, 6.07) is 0. The fourth-order valence-corrected chi connectivity index (χ4v) is 1.45. The van der Waals surface area contributed by atoms with Crippen molar-refractivity contribution in [1.82, 2.24) is 14.5 Å². The molecule has 1 rings (SSSR count). The number of aromatic nitrogens is 2. The summed E-state index contributed by atoms with van der Waals surface area (Å²) in [5.41, 5.74) is 0. The lowest BCUT2D eigenvalue weighted by Crippen LogP contribution is -2.28. The van der Waals surface area contributed by atoms with Gasteiger partial charge in [0.05, 0.1) is 6.61 Å². The van der Waals surface area contributed by atoms with Gasteiger partial charge in [0.2, 0.25) is 5.95 Å². The Morgan fingerprint density at radius 2 is 2.31 bits per heavy atom. The maximum atomic E-state index is 5.02. The molecule has 92 valence electrons. The molecule has 0 spiro atoms. The van der Waals surface area contributed by atoms with Crippen LogP contribution in [0, 0.1) is 0 Å². The second-order valence-electron chi connectivity index (χ2n) is 3.76. The quantitative estimate of drug-likeness (QED) is 0.715. The van der Waals surface area contributed by atoms with Crippen LogP contribution in [0.15, 0.2) is 12.4 Å². The van der Waals surface area contributed by atoms with Gasteiger partial charge in [0, 0.05) is 45.7 Å². The van der Waals surface area contributed by atoms with Crippen molar-refractivity contribution in [2.24, 2.45) is 0 Å². The summed E-state index contributed by atoms with van der Waals surface area (Å²) in [5, 5.41) is 3.32. The second kappa shape index (κ2) is 7.24. The first kappa shape index (κ1) is 13.0. The number of rotatable bonds is 8. The van der Waals surface area contributed by atoms with Gasteiger partial charge in [-0.25, -0.2) is 4.98 Å². The summed E-state index contributed by atoms with van der Waals surface area (Å²) < 4.78 is 7.12. The highest BCUT2D eigenvalue weighted by Gasteiger charge is 2.01. The summed E-state index contributed by atoms with van der Waals surface area (Å²) >= 11 is 0. The largest absolute Gasteiger partial charge is 0.383 e. The third-order valence-corrected chi connectivity index (χ3v) is 2.51. The molecule has 0 unspecified atom stereocenters. The number of hydrogen-bond acceptors (Lipinski definition) is 4. The SMILES string of the molecule is CCn1ccnc1NCCN(C)CCOC. The first-order valence-corrected chi connectivity index (χ1v) is 5.70. The molecule has 0 fully saturated rings. The van der Waals surface area contributed by atoms with Crippen LogP contribution in [-0.2, 0) is 11.3 Å². The van der Waals surface area contributed by atoms with E-state index in [1.54, 1.807) is 7.11 Å². The maximum absolute atomic E-state index is 5.02. The number of nitrogens with one attached hydrogen (secondary N) is 1. The van der Waals surface area contributed by atoms with Crippen LogP contribution in [-0.4, -0.2) is 54.8 Å². The van der Waals surface area contributed by atoms with Gasteiger partial charge >= 0.3 is 0 Å². The molecule has 5 nitrogen and oxygen atoms in total. The van der Waals surface area contributed by atoms with E-state index in [9.17, 15) is 0 Å². The molecule has 0 aliphatic heterocycles. The zero-order valence-corrected chi connectivity index (χ0v) is 10.4. The van der Waals surface area contributed by atoms with Crippen molar-refractivity contribution < 1.29 is 4.74 Å². The van der Waals surface area contributed by atoms with Gasteiger partial charge < -0.3 is 19.5 Å². The molecule has 1 aromatic rings. The maximum Gasteiger partial charge on any atom is 0.202 e. The Hall–Kier alpha value is -1.07. The minimum Gasteiger partial charge on any atom is -0.383 e. The lowest BCUT2D eigenvalue weighted by atomic mass is 10.5. The average Bonchev–Trinajstić information content (AvgIpc) is 2.74. The van der Waals surface area contributed by atoms with E-state index in [0.717, 1.165) is 38.7 Å². The number of anilines is 1. The highest BCUT2D eigenvalue weighted by Crippen LogP contribution is 2.02. The Balaban J connectivity index is 2.20. The standard InChI is InChI=1S/C11H22N4O/c1-4-15-8-6-13-11(15)12-5-7-14(2)9-10-16-3/h6,8H,4-5,7,9-10H2,1-3H3,(H,12,13). The van der Waals surface area contributed by atoms with E-state index < -0.39 is 0 Å². The van der Waals surface area contributed by atoms with E-state index in [0.29, 0.717) is 0 Å². The molecular formula is C11H22N4O. The van der Waals surface area contributed by atoms with E-state index in [2.05, 4.69) is 33.7 Å². The number of ether oxygens (including phenoxy) is 1. The van der Waals surface area contributed by atoms with Crippen molar-refractivity contribution >= 4 is 5.95 Å². The normalized spacial score (nSPS) is 11.0. The van der Waals surface area contributed by atoms with Crippen molar-refractivity contribution in [1.29, 1.82) is 0 Å². The van der Waals surface area contributed by atoms with Gasteiger partial charge in [0.25, 0.3) is 0 Å². The molecule has 1 heterocycles. The smallest absolute Gasteiger partial charge is 0.202 e. The topological polar surface area (TPSA) is 42.3 Å². The van der Waals surface area contributed by atoms with Gasteiger partial charge in [-0.05, 0) is 14.0 Å². The lowest BCUT2D eigenvalue weighted by molar-refractivity contribution is 0.163. The van der Waals surface area contributed by atoms with Crippen molar-refractivity contribution in [2.75, 3.05) is 45.7 Å². The number of methoxy groups -OCH3 is 1. The van der Waals surface area contributed by atoms with Crippen LogP contribution in [0.1, 0.15) is 6.92 Å². The van der Waals surface area contributed by atoms with E-state index in [1.165, 1.54) is 0 Å².